The highest BCUT2D eigenvalue weighted by Crippen LogP contribution is 2.26. The highest BCUT2D eigenvalue weighted by molar-refractivity contribution is 5.53. The van der Waals surface area contributed by atoms with Crippen LogP contribution in [0.2, 0.25) is 0 Å². The molecule has 82 valence electrons. The lowest BCUT2D eigenvalue weighted by Crippen LogP contribution is -2.02. The quantitative estimate of drug-likeness (QED) is 0.826. The molecule has 0 radical (unpaired) electrons. The minimum absolute atomic E-state index is 0.936. The van der Waals surface area contributed by atoms with Crippen molar-refractivity contribution in [2.45, 2.75) is 12.8 Å². The molecule has 0 saturated carbocycles. The summed E-state index contributed by atoms with van der Waals surface area (Å²) in [5.41, 5.74) is 3.94. The Morgan fingerprint density at radius 3 is 2.94 bits per heavy atom. The Labute approximate surface area is 95.1 Å². The van der Waals surface area contributed by atoms with E-state index in [4.69, 9.17) is 0 Å². The molecule has 1 aliphatic heterocycles. The van der Waals surface area contributed by atoms with Gasteiger partial charge in [0.1, 0.15) is 5.82 Å². The van der Waals surface area contributed by atoms with Gasteiger partial charge in [-0.25, -0.2) is 0 Å². The SMILES string of the molecule is Cn1nc(Cc2ccccc2)c2c1NCC2. The van der Waals surface area contributed by atoms with Crippen molar-refractivity contribution in [3.8, 4) is 0 Å². The summed E-state index contributed by atoms with van der Waals surface area (Å²) in [7, 11) is 2.01. The lowest BCUT2D eigenvalue weighted by atomic mass is 10.1. The molecule has 0 fully saturated rings. The van der Waals surface area contributed by atoms with E-state index < -0.39 is 0 Å². The Kier molecular flexibility index (Phi) is 2.17. The zero-order valence-corrected chi connectivity index (χ0v) is 9.40. The molecule has 0 atom stereocenters. The van der Waals surface area contributed by atoms with Crippen molar-refractivity contribution in [3.05, 3.63) is 47.2 Å². The number of fused-ring (bicyclic) bond motifs is 1. The Morgan fingerprint density at radius 1 is 1.31 bits per heavy atom. The monoisotopic (exact) mass is 213 g/mol. The van der Waals surface area contributed by atoms with Gasteiger partial charge in [-0.1, -0.05) is 30.3 Å². The van der Waals surface area contributed by atoms with Crippen LogP contribution in [0.1, 0.15) is 16.8 Å². The van der Waals surface area contributed by atoms with E-state index >= 15 is 0 Å². The fourth-order valence-corrected chi connectivity index (χ4v) is 2.34. The summed E-state index contributed by atoms with van der Waals surface area (Å²) in [4.78, 5) is 0. The van der Waals surface area contributed by atoms with Crippen LogP contribution in [-0.2, 0) is 19.9 Å². The van der Waals surface area contributed by atoms with Gasteiger partial charge < -0.3 is 5.32 Å². The van der Waals surface area contributed by atoms with Crippen LogP contribution in [0.15, 0.2) is 30.3 Å². The summed E-state index contributed by atoms with van der Waals surface area (Å²) in [6, 6.07) is 10.5. The van der Waals surface area contributed by atoms with Gasteiger partial charge in [0.2, 0.25) is 0 Å². The summed E-state index contributed by atoms with van der Waals surface area (Å²) in [5.74, 6) is 1.20. The number of hydrogen-bond donors (Lipinski definition) is 1. The first kappa shape index (κ1) is 9.46. The van der Waals surface area contributed by atoms with Gasteiger partial charge >= 0.3 is 0 Å². The van der Waals surface area contributed by atoms with E-state index in [0.717, 1.165) is 19.4 Å². The van der Waals surface area contributed by atoms with Gasteiger partial charge in [-0.05, 0) is 12.0 Å². The molecule has 1 aliphatic rings. The molecular weight excluding hydrogens is 198 g/mol. The van der Waals surface area contributed by atoms with Crippen molar-refractivity contribution in [2.75, 3.05) is 11.9 Å². The van der Waals surface area contributed by atoms with Crippen molar-refractivity contribution < 1.29 is 0 Å². The van der Waals surface area contributed by atoms with Crippen LogP contribution in [-0.4, -0.2) is 16.3 Å². The second-order valence-corrected chi connectivity index (χ2v) is 4.24. The molecule has 1 aromatic heterocycles. The molecule has 3 rings (SSSR count). The molecule has 0 aliphatic carbocycles. The largest absolute Gasteiger partial charge is 0.370 e. The Morgan fingerprint density at radius 2 is 2.12 bits per heavy atom. The van der Waals surface area contributed by atoms with Crippen LogP contribution in [0, 0.1) is 0 Å². The maximum atomic E-state index is 4.58. The van der Waals surface area contributed by atoms with E-state index in [2.05, 4.69) is 34.7 Å². The van der Waals surface area contributed by atoms with E-state index in [0.29, 0.717) is 0 Å². The predicted molar refractivity (Wildman–Crippen MR) is 64.6 cm³/mol. The fourth-order valence-electron chi connectivity index (χ4n) is 2.34. The number of benzene rings is 1. The fraction of sp³-hybridized carbons (Fsp3) is 0.308. The highest BCUT2D eigenvalue weighted by Gasteiger charge is 2.20. The van der Waals surface area contributed by atoms with Gasteiger partial charge in [0, 0.05) is 25.6 Å². The zero-order chi connectivity index (χ0) is 11.0. The number of anilines is 1. The van der Waals surface area contributed by atoms with Crippen LogP contribution in [0.25, 0.3) is 0 Å². The summed E-state index contributed by atoms with van der Waals surface area (Å²) >= 11 is 0. The molecule has 16 heavy (non-hydrogen) atoms. The van der Waals surface area contributed by atoms with Crippen molar-refractivity contribution >= 4 is 5.82 Å². The number of nitrogens with zero attached hydrogens (tertiary/aromatic N) is 2. The van der Waals surface area contributed by atoms with E-state index in [1.54, 1.807) is 0 Å². The first-order valence-corrected chi connectivity index (χ1v) is 5.67. The van der Waals surface area contributed by atoms with Crippen molar-refractivity contribution in [3.63, 3.8) is 0 Å². The summed E-state index contributed by atoms with van der Waals surface area (Å²) in [5, 5.41) is 7.96. The Bertz CT molecular complexity index is 499. The second-order valence-electron chi connectivity index (χ2n) is 4.24. The van der Waals surface area contributed by atoms with Crippen LogP contribution >= 0.6 is 0 Å². The lowest BCUT2D eigenvalue weighted by Gasteiger charge is -1.99. The van der Waals surface area contributed by atoms with E-state index in [9.17, 15) is 0 Å². The van der Waals surface area contributed by atoms with Crippen molar-refractivity contribution in [1.82, 2.24) is 9.78 Å². The molecule has 2 heterocycles. The molecule has 0 saturated heterocycles. The van der Waals surface area contributed by atoms with E-state index in [1.165, 1.54) is 22.6 Å². The summed E-state index contributed by atoms with van der Waals surface area (Å²) in [6.07, 6.45) is 2.04. The molecule has 3 nitrogen and oxygen atoms in total. The summed E-state index contributed by atoms with van der Waals surface area (Å²) < 4.78 is 1.96. The average molecular weight is 213 g/mol. The third kappa shape index (κ3) is 1.48. The number of hydrogen-bond acceptors (Lipinski definition) is 2. The minimum atomic E-state index is 0.936. The maximum absolute atomic E-state index is 4.58. The van der Waals surface area contributed by atoms with Gasteiger partial charge in [-0.2, -0.15) is 5.10 Å². The van der Waals surface area contributed by atoms with Gasteiger partial charge in [0.05, 0.1) is 5.69 Å². The molecule has 1 N–H and O–H groups in total. The number of rotatable bonds is 2. The standard InChI is InChI=1S/C13H15N3/c1-16-13-11(7-8-14-13)12(15-16)9-10-5-3-2-4-6-10/h2-6,14H,7-9H2,1H3. The summed E-state index contributed by atoms with van der Waals surface area (Å²) in [6.45, 7) is 1.04. The minimum Gasteiger partial charge on any atom is -0.370 e. The number of nitrogens with one attached hydrogen (secondary N) is 1. The average Bonchev–Trinajstić information content (AvgIpc) is 2.87. The van der Waals surface area contributed by atoms with E-state index in [1.807, 2.05) is 17.8 Å². The molecule has 1 aromatic carbocycles. The first-order valence-electron chi connectivity index (χ1n) is 5.67. The Balaban J connectivity index is 1.94. The number of aromatic nitrogens is 2. The van der Waals surface area contributed by atoms with Gasteiger partial charge in [0.25, 0.3) is 0 Å². The highest BCUT2D eigenvalue weighted by atomic mass is 15.3. The first-order chi connectivity index (χ1) is 7.84. The topological polar surface area (TPSA) is 29.9 Å². The van der Waals surface area contributed by atoms with Crippen LogP contribution in [0.4, 0.5) is 5.82 Å². The van der Waals surface area contributed by atoms with E-state index in [-0.39, 0.29) is 0 Å². The van der Waals surface area contributed by atoms with Crippen LogP contribution in [0.3, 0.4) is 0 Å². The van der Waals surface area contributed by atoms with Crippen LogP contribution < -0.4 is 5.32 Å². The van der Waals surface area contributed by atoms with Crippen molar-refractivity contribution in [1.29, 1.82) is 0 Å². The van der Waals surface area contributed by atoms with Gasteiger partial charge in [0.15, 0.2) is 0 Å². The molecule has 2 aromatic rings. The molecule has 0 amide bonds. The van der Waals surface area contributed by atoms with Crippen molar-refractivity contribution in [2.24, 2.45) is 7.05 Å². The van der Waals surface area contributed by atoms with Gasteiger partial charge in [-0.3, -0.25) is 4.68 Å². The molecule has 0 bridgehead atoms. The molecule has 0 unspecified atom stereocenters. The van der Waals surface area contributed by atoms with Crippen LogP contribution in [0.5, 0.6) is 0 Å². The number of aryl methyl sites for hydroxylation is 1. The third-order valence-corrected chi connectivity index (χ3v) is 3.11. The third-order valence-electron chi connectivity index (χ3n) is 3.11. The molecule has 3 heteroatoms. The maximum Gasteiger partial charge on any atom is 0.127 e. The predicted octanol–water partition coefficient (Wildman–Crippen LogP) is 1.98. The second kappa shape index (κ2) is 3.67. The zero-order valence-electron chi connectivity index (χ0n) is 9.40. The smallest absolute Gasteiger partial charge is 0.127 e. The molecular formula is C13H15N3. The van der Waals surface area contributed by atoms with Gasteiger partial charge in [-0.15, -0.1) is 0 Å². The normalized spacial score (nSPS) is 13.6. The molecule has 0 spiro atoms. The Hall–Kier alpha value is -1.77. The lowest BCUT2D eigenvalue weighted by molar-refractivity contribution is 0.750.